The number of carbonyl (C=O) groups is 1. The van der Waals surface area contributed by atoms with Gasteiger partial charge in [0.2, 0.25) is 5.82 Å². The Bertz CT molecular complexity index is 605. The second-order valence-electron chi connectivity index (χ2n) is 5.53. The van der Waals surface area contributed by atoms with Crippen LogP contribution in [-0.2, 0) is 0 Å². The van der Waals surface area contributed by atoms with Gasteiger partial charge in [-0.3, -0.25) is 9.89 Å². The van der Waals surface area contributed by atoms with Gasteiger partial charge in [0.25, 0.3) is 5.91 Å². The topological polar surface area (TPSA) is 70.7 Å². The molecule has 0 spiro atoms. The fourth-order valence-corrected chi connectivity index (χ4v) is 2.29. The second-order valence-corrected chi connectivity index (χ2v) is 5.53. The normalized spacial score (nSPS) is 20.9. The lowest BCUT2D eigenvalue weighted by atomic mass is 10.1. The van der Waals surface area contributed by atoms with Crippen molar-refractivity contribution in [3.05, 3.63) is 47.5 Å². The van der Waals surface area contributed by atoms with Crippen molar-refractivity contribution in [2.75, 3.05) is 0 Å². The standard InChI is InChI=1S/C15H18N4O/c1-9(2)13-17-14(19-18-13)15(20)16-12-8-11(12)10-6-4-3-5-7-10/h3-7,9,11-12H,8H2,1-2H3,(H,16,20)(H,17,18,19). The zero-order valence-corrected chi connectivity index (χ0v) is 11.6. The first kappa shape index (κ1) is 12.8. The Morgan fingerprint density at radius 3 is 2.75 bits per heavy atom. The van der Waals surface area contributed by atoms with Gasteiger partial charge in [0.15, 0.2) is 0 Å². The van der Waals surface area contributed by atoms with E-state index in [9.17, 15) is 4.79 Å². The Morgan fingerprint density at radius 2 is 2.10 bits per heavy atom. The minimum atomic E-state index is -0.198. The molecule has 1 heterocycles. The number of hydrogen-bond donors (Lipinski definition) is 2. The molecule has 1 amide bonds. The predicted octanol–water partition coefficient (Wildman–Crippen LogP) is 2.21. The van der Waals surface area contributed by atoms with Gasteiger partial charge in [0.1, 0.15) is 5.82 Å². The van der Waals surface area contributed by atoms with Crippen molar-refractivity contribution in [2.45, 2.75) is 38.1 Å². The molecule has 2 N–H and O–H groups in total. The van der Waals surface area contributed by atoms with Crippen LogP contribution in [0, 0.1) is 0 Å². The highest BCUT2D eigenvalue weighted by Crippen LogP contribution is 2.40. The molecular weight excluding hydrogens is 252 g/mol. The van der Waals surface area contributed by atoms with Crippen LogP contribution < -0.4 is 5.32 Å². The molecule has 5 heteroatoms. The van der Waals surface area contributed by atoms with Gasteiger partial charge in [-0.15, -0.1) is 5.10 Å². The predicted molar refractivity (Wildman–Crippen MR) is 75.5 cm³/mol. The van der Waals surface area contributed by atoms with Gasteiger partial charge in [-0.2, -0.15) is 0 Å². The van der Waals surface area contributed by atoms with Gasteiger partial charge in [-0.1, -0.05) is 44.2 Å². The van der Waals surface area contributed by atoms with Crippen molar-refractivity contribution in [2.24, 2.45) is 0 Å². The molecule has 5 nitrogen and oxygen atoms in total. The van der Waals surface area contributed by atoms with Crippen LogP contribution in [0.3, 0.4) is 0 Å². The highest BCUT2D eigenvalue weighted by Gasteiger charge is 2.39. The van der Waals surface area contributed by atoms with Gasteiger partial charge < -0.3 is 5.32 Å². The zero-order chi connectivity index (χ0) is 14.1. The number of aromatic amines is 1. The van der Waals surface area contributed by atoms with Crippen LogP contribution in [0.2, 0.25) is 0 Å². The highest BCUT2D eigenvalue weighted by atomic mass is 16.2. The van der Waals surface area contributed by atoms with Crippen molar-refractivity contribution >= 4 is 5.91 Å². The summed E-state index contributed by atoms with van der Waals surface area (Å²) < 4.78 is 0. The van der Waals surface area contributed by atoms with Crippen molar-refractivity contribution in [1.82, 2.24) is 20.5 Å². The fraction of sp³-hybridized carbons (Fsp3) is 0.400. The first-order valence-electron chi connectivity index (χ1n) is 6.93. The van der Waals surface area contributed by atoms with Gasteiger partial charge in [0.05, 0.1) is 0 Å². The fourth-order valence-electron chi connectivity index (χ4n) is 2.29. The Labute approximate surface area is 117 Å². The number of H-pyrrole nitrogens is 1. The summed E-state index contributed by atoms with van der Waals surface area (Å²) in [6.07, 6.45) is 0.983. The first-order valence-corrected chi connectivity index (χ1v) is 6.93. The summed E-state index contributed by atoms with van der Waals surface area (Å²) in [6.45, 7) is 4.02. The number of aromatic nitrogens is 3. The molecule has 2 unspecified atom stereocenters. The molecule has 20 heavy (non-hydrogen) atoms. The smallest absolute Gasteiger partial charge is 0.291 e. The summed E-state index contributed by atoms with van der Waals surface area (Å²) in [5, 5.41) is 9.76. The van der Waals surface area contributed by atoms with E-state index in [-0.39, 0.29) is 23.7 Å². The van der Waals surface area contributed by atoms with E-state index in [2.05, 4.69) is 32.6 Å². The third-order valence-electron chi connectivity index (χ3n) is 3.59. The highest BCUT2D eigenvalue weighted by molar-refractivity contribution is 5.90. The molecule has 0 aliphatic heterocycles. The molecule has 1 aliphatic carbocycles. The quantitative estimate of drug-likeness (QED) is 0.894. The first-order chi connectivity index (χ1) is 9.65. The molecular formula is C15H18N4O. The molecule has 0 radical (unpaired) electrons. The van der Waals surface area contributed by atoms with Crippen LogP contribution in [0.15, 0.2) is 30.3 Å². The molecule has 1 aliphatic rings. The molecule has 1 aromatic carbocycles. The van der Waals surface area contributed by atoms with E-state index >= 15 is 0 Å². The largest absolute Gasteiger partial charge is 0.346 e. The van der Waals surface area contributed by atoms with Crippen LogP contribution in [-0.4, -0.2) is 27.1 Å². The van der Waals surface area contributed by atoms with Gasteiger partial charge in [-0.05, 0) is 12.0 Å². The van der Waals surface area contributed by atoms with E-state index in [0.717, 1.165) is 12.2 Å². The van der Waals surface area contributed by atoms with Crippen molar-refractivity contribution < 1.29 is 4.79 Å². The van der Waals surface area contributed by atoms with Crippen molar-refractivity contribution in [1.29, 1.82) is 0 Å². The van der Waals surface area contributed by atoms with E-state index in [1.54, 1.807) is 0 Å². The van der Waals surface area contributed by atoms with Gasteiger partial charge >= 0.3 is 0 Å². The average molecular weight is 270 g/mol. The summed E-state index contributed by atoms with van der Waals surface area (Å²) in [5.74, 6) is 1.43. The number of rotatable bonds is 4. The maximum Gasteiger partial charge on any atom is 0.291 e. The maximum absolute atomic E-state index is 12.1. The molecule has 1 saturated carbocycles. The van der Waals surface area contributed by atoms with Crippen LogP contribution in [0.4, 0.5) is 0 Å². The van der Waals surface area contributed by atoms with E-state index in [1.807, 2.05) is 32.0 Å². The summed E-state index contributed by atoms with van der Waals surface area (Å²) in [6, 6.07) is 10.4. The number of benzene rings is 1. The zero-order valence-electron chi connectivity index (χ0n) is 11.6. The lowest BCUT2D eigenvalue weighted by Gasteiger charge is -2.02. The molecule has 2 atom stereocenters. The van der Waals surface area contributed by atoms with E-state index < -0.39 is 0 Å². The summed E-state index contributed by atoms with van der Waals surface area (Å²) in [4.78, 5) is 16.3. The van der Waals surface area contributed by atoms with E-state index in [1.165, 1.54) is 5.56 Å². The average Bonchev–Trinajstić information content (AvgIpc) is 3.02. The monoisotopic (exact) mass is 270 g/mol. The SMILES string of the molecule is CC(C)c1nc(C(=O)NC2CC2c2ccccc2)n[nH]1. The Morgan fingerprint density at radius 1 is 1.35 bits per heavy atom. The van der Waals surface area contributed by atoms with E-state index in [0.29, 0.717) is 5.92 Å². The van der Waals surface area contributed by atoms with Crippen LogP contribution in [0.25, 0.3) is 0 Å². The second kappa shape index (κ2) is 5.07. The number of nitrogens with one attached hydrogen (secondary N) is 2. The Hall–Kier alpha value is -2.17. The third kappa shape index (κ3) is 2.57. The molecule has 0 bridgehead atoms. The third-order valence-corrected chi connectivity index (χ3v) is 3.59. The molecule has 1 aromatic heterocycles. The number of hydrogen-bond acceptors (Lipinski definition) is 3. The van der Waals surface area contributed by atoms with Crippen LogP contribution in [0.1, 0.15) is 54.1 Å². The lowest BCUT2D eigenvalue weighted by Crippen LogP contribution is -2.27. The van der Waals surface area contributed by atoms with Crippen LogP contribution >= 0.6 is 0 Å². The molecule has 1 fully saturated rings. The van der Waals surface area contributed by atoms with Crippen LogP contribution in [0.5, 0.6) is 0 Å². The van der Waals surface area contributed by atoms with Gasteiger partial charge in [-0.25, -0.2) is 4.98 Å². The molecule has 2 aromatic rings. The lowest BCUT2D eigenvalue weighted by molar-refractivity contribution is 0.0940. The molecule has 104 valence electrons. The van der Waals surface area contributed by atoms with E-state index in [4.69, 9.17) is 0 Å². The molecule has 3 rings (SSSR count). The summed E-state index contributed by atoms with van der Waals surface area (Å²) in [7, 11) is 0. The molecule has 0 saturated heterocycles. The minimum absolute atomic E-state index is 0.198. The number of nitrogens with zero attached hydrogens (tertiary/aromatic N) is 2. The number of carbonyl (C=O) groups excluding carboxylic acids is 1. The Balaban J connectivity index is 1.60. The number of amides is 1. The van der Waals surface area contributed by atoms with Gasteiger partial charge in [0, 0.05) is 17.9 Å². The summed E-state index contributed by atoms with van der Waals surface area (Å²) >= 11 is 0. The van der Waals surface area contributed by atoms with Crippen molar-refractivity contribution in [3.63, 3.8) is 0 Å². The minimum Gasteiger partial charge on any atom is -0.346 e. The Kier molecular flexibility index (Phi) is 3.26. The summed E-state index contributed by atoms with van der Waals surface area (Å²) in [5.41, 5.74) is 1.27. The maximum atomic E-state index is 12.1. The van der Waals surface area contributed by atoms with Crippen molar-refractivity contribution in [3.8, 4) is 0 Å².